The van der Waals surface area contributed by atoms with Gasteiger partial charge in [-0.2, -0.15) is 0 Å². The normalized spacial score (nSPS) is 17.2. The molecule has 1 unspecified atom stereocenters. The average Bonchev–Trinajstić information content (AvgIpc) is 2.70. The number of hydrogen-bond acceptors (Lipinski definition) is 3. The second-order valence-electron chi connectivity index (χ2n) is 4.33. The largest absolute Gasteiger partial charge is 0.501 e. The maximum absolute atomic E-state index is 5.49. The highest BCUT2D eigenvalue weighted by atomic mass is 79.9. The summed E-state index contributed by atoms with van der Waals surface area (Å²) in [4.78, 5) is 0. The zero-order valence-electron chi connectivity index (χ0n) is 10.3. The van der Waals surface area contributed by atoms with Gasteiger partial charge in [0.2, 0.25) is 0 Å². The number of nitrogens with one attached hydrogen (secondary N) is 1. The molecule has 1 aliphatic heterocycles. The van der Waals surface area contributed by atoms with Crippen LogP contribution in [0.4, 0.5) is 0 Å². The first-order valence-electron chi connectivity index (χ1n) is 6.21. The number of thiophene rings is 1. The van der Waals surface area contributed by atoms with Gasteiger partial charge in [0.1, 0.15) is 0 Å². The fraction of sp³-hybridized carbons (Fsp3) is 0.538. The Morgan fingerprint density at radius 3 is 2.89 bits per heavy atom. The first-order valence-corrected chi connectivity index (χ1v) is 8.61. The maximum atomic E-state index is 5.49. The van der Waals surface area contributed by atoms with Gasteiger partial charge in [-0.1, -0.05) is 6.92 Å². The first kappa shape index (κ1) is 14.6. The van der Waals surface area contributed by atoms with Crippen molar-refractivity contribution in [2.24, 2.45) is 0 Å². The average molecular weight is 395 g/mol. The quantitative estimate of drug-likeness (QED) is 0.757. The summed E-state index contributed by atoms with van der Waals surface area (Å²) in [7, 11) is 0. The van der Waals surface area contributed by atoms with E-state index in [0.717, 1.165) is 36.2 Å². The van der Waals surface area contributed by atoms with Gasteiger partial charge in [0.15, 0.2) is 0 Å². The second kappa shape index (κ2) is 7.08. The summed E-state index contributed by atoms with van der Waals surface area (Å²) in [5.74, 6) is 0. The zero-order chi connectivity index (χ0) is 13.0. The van der Waals surface area contributed by atoms with E-state index in [4.69, 9.17) is 4.74 Å². The molecule has 1 aromatic heterocycles. The highest BCUT2D eigenvalue weighted by Crippen LogP contribution is 2.39. The SMILES string of the molecule is CCCNC(C1=COCCC1)c1cc(Br)sc1Br. The van der Waals surface area contributed by atoms with Crippen molar-refractivity contribution in [2.75, 3.05) is 13.2 Å². The summed E-state index contributed by atoms with van der Waals surface area (Å²) in [5, 5.41) is 3.62. The Labute approximate surface area is 129 Å². The number of ether oxygens (including phenoxy) is 1. The van der Waals surface area contributed by atoms with E-state index in [1.54, 1.807) is 11.3 Å². The van der Waals surface area contributed by atoms with Crippen LogP contribution in [-0.4, -0.2) is 13.2 Å². The summed E-state index contributed by atoms with van der Waals surface area (Å²) in [5.41, 5.74) is 2.65. The number of halogens is 2. The predicted octanol–water partition coefficient (Wildman–Crippen LogP) is 5.01. The van der Waals surface area contributed by atoms with Crippen LogP contribution in [0.3, 0.4) is 0 Å². The number of rotatable bonds is 5. The van der Waals surface area contributed by atoms with Gasteiger partial charge in [0.25, 0.3) is 0 Å². The minimum Gasteiger partial charge on any atom is -0.501 e. The molecule has 1 aliphatic rings. The highest BCUT2D eigenvalue weighted by molar-refractivity contribution is 9.12. The zero-order valence-corrected chi connectivity index (χ0v) is 14.3. The third-order valence-corrected chi connectivity index (χ3v) is 5.31. The second-order valence-corrected chi connectivity index (χ2v) is 8.08. The predicted molar refractivity (Wildman–Crippen MR) is 84.0 cm³/mol. The standard InChI is InChI=1S/C13H17Br2NOS/c1-2-5-16-12(9-4-3-6-17-8-9)10-7-11(14)18-13(10)15/h7-8,12,16H,2-6H2,1H3. The van der Waals surface area contributed by atoms with Crippen LogP contribution in [-0.2, 0) is 4.74 Å². The molecule has 5 heteroatoms. The summed E-state index contributed by atoms with van der Waals surface area (Å²) in [6.45, 7) is 4.05. The topological polar surface area (TPSA) is 21.3 Å². The third-order valence-electron chi connectivity index (χ3n) is 2.93. The van der Waals surface area contributed by atoms with Crippen LogP contribution < -0.4 is 5.32 Å². The molecule has 1 atom stereocenters. The van der Waals surface area contributed by atoms with Gasteiger partial charge in [0.05, 0.1) is 26.5 Å². The minimum absolute atomic E-state index is 0.266. The molecule has 0 aliphatic carbocycles. The van der Waals surface area contributed by atoms with E-state index in [1.165, 1.54) is 14.9 Å². The highest BCUT2D eigenvalue weighted by Gasteiger charge is 2.22. The Balaban J connectivity index is 2.23. The van der Waals surface area contributed by atoms with E-state index in [0.29, 0.717) is 0 Å². The lowest BCUT2D eigenvalue weighted by molar-refractivity contribution is 0.219. The van der Waals surface area contributed by atoms with Crippen LogP contribution in [0.25, 0.3) is 0 Å². The molecule has 2 nitrogen and oxygen atoms in total. The summed E-state index contributed by atoms with van der Waals surface area (Å²) in [6, 6.07) is 2.46. The van der Waals surface area contributed by atoms with Gasteiger partial charge in [-0.3, -0.25) is 0 Å². The summed E-state index contributed by atoms with van der Waals surface area (Å²) < 4.78 is 7.83. The van der Waals surface area contributed by atoms with E-state index in [2.05, 4.69) is 50.2 Å². The van der Waals surface area contributed by atoms with Crippen molar-refractivity contribution in [2.45, 2.75) is 32.2 Å². The molecule has 2 heterocycles. The first-order chi connectivity index (χ1) is 8.72. The molecule has 0 spiro atoms. The Morgan fingerprint density at radius 1 is 1.50 bits per heavy atom. The van der Waals surface area contributed by atoms with Gasteiger partial charge >= 0.3 is 0 Å². The molecule has 1 aromatic rings. The van der Waals surface area contributed by atoms with Crippen molar-refractivity contribution in [3.63, 3.8) is 0 Å². The molecule has 0 saturated heterocycles. The van der Waals surface area contributed by atoms with E-state index in [1.807, 2.05) is 6.26 Å². The molecule has 0 radical (unpaired) electrons. The fourth-order valence-electron chi connectivity index (χ4n) is 2.08. The van der Waals surface area contributed by atoms with Gasteiger partial charge in [-0.15, -0.1) is 11.3 Å². The van der Waals surface area contributed by atoms with Crippen LogP contribution in [0.5, 0.6) is 0 Å². The molecule has 0 bridgehead atoms. The summed E-state index contributed by atoms with van der Waals surface area (Å²) >= 11 is 8.93. The van der Waals surface area contributed by atoms with Crippen LogP contribution in [0.2, 0.25) is 0 Å². The molecular formula is C13H17Br2NOS. The lowest BCUT2D eigenvalue weighted by atomic mass is 9.97. The summed E-state index contributed by atoms with van der Waals surface area (Å²) in [6.07, 6.45) is 5.29. The fourth-order valence-corrected chi connectivity index (χ4v) is 4.98. The minimum atomic E-state index is 0.266. The molecule has 0 aromatic carbocycles. The molecule has 0 fully saturated rings. The van der Waals surface area contributed by atoms with Gasteiger partial charge < -0.3 is 10.1 Å². The van der Waals surface area contributed by atoms with E-state index >= 15 is 0 Å². The molecule has 1 N–H and O–H groups in total. The third kappa shape index (κ3) is 3.59. The van der Waals surface area contributed by atoms with Crippen LogP contribution in [0.15, 0.2) is 25.5 Å². The van der Waals surface area contributed by atoms with Crippen molar-refractivity contribution in [3.05, 3.63) is 31.0 Å². The van der Waals surface area contributed by atoms with Crippen molar-refractivity contribution < 1.29 is 4.74 Å². The Morgan fingerprint density at radius 2 is 2.33 bits per heavy atom. The Bertz CT molecular complexity index is 431. The number of hydrogen-bond donors (Lipinski definition) is 1. The van der Waals surface area contributed by atoms with Gasteiger partial charge in [0, 0.05) is 0 Å². The van der Waals surface area contributed by atoms with Gasteiger partial charge in [-0.25, -0.2) is 0 Å². The molecule has 18 heavy (non-hydrogen) atoms. The van der Waals surface area contributed by atoms with Crippen molar-refractivity contribution in [1.29, 1.82) is 0 Å². The van der Waals surface area contributed by atoms with E-state index in [-0.39, 0.29) is 6.04 Å². The lowest BCUT2D eigenvalue weighted by Gasteiger charge is -2.24. The van der Waals surface area contributed by atoms with Crippen LogP contribution >= 0.6 is 43.2 Å². The van der Waals surface area contributed by atoms with Crippen LogP contribution in [0.1, 0.15) is 37.8 Å². The van der Waals surface area contributed by atoms with Crippen molar-refractivity contribution in [1.82, 2.24) is 5.32 Å². The molecule has 2 rings (SSSR count). The monoisotopic (exact) mass is 393 g/mol. The van der Waals surface area contributed by atoms with E-state index in [9.17, 15) is 0 Å². The molecule has 100 valence electrons. The lowest BCUT2D eigenvalue weighted by Crippen LogP contribution is -2.25. The van der Waals surface area contributed by atoms with E-state index < -0.39 is 0 Å². The van der Waals surface area contributed by atoms with Gasteiger partial charge in [-0.05, 0) is 74.9 Å². The van der Waals surface area contributed by atoms with Crippen LogP contribution in [0, 0.1) is 0 Å². The molecular weight excluding hydrogens is 378 g/mol. The van der Waals surface area contributed by atoms with Crippen molar-refractivity contribution in [3.8, 4) is 0 Å². The Kier molecular flexibility index (Phi) is 5.73. The molecule has 0 saturated carbocycles. The maximum Gasteiger partial charge on any atom is 0.0876 e. The van der Waals surface area contributed by atoms with Crippen molar-refractivity contribution >= 4 is 43.2 Å². The Hall–Kier alpha value is 0.160. The molecule has 0 amide bonds. The smallest absolute Gasteiger partial charge is 0.0876 e.